The molecular formula is C20H24N6O4. The molecule has 2 aromatic heterocycles. The van der Waals surface area contributed by atoms with Gasteiger partial charge in [0.25, 0.3) is 5.91 Å². The molecule has 158 valence electrons. The maximum absolute atomic E-state index is 12.9. The first-order valence-corrected chi connectivity index (χ1v) is 9.59. The van der Waals surface area contributed by atoms with Crippen LogP contribution >= 0.6 is 0 Å². The largest absolute Gasteiger partial charge is 0.481 e. The van der Waals surface area contributed by atoms with E-state index in [1.807, 2.05) is 16.7 Å². The third-order valence-electron chi connectivity index (χ3n) is 4.58. The number of carboxylic acid groups (broad SMARTS) is 1. The Labute approximate surface area is 172 Å². The van der Waals surface area contributed by atoms with Crippen LogP contribution in [0, 0.1) is 0 Å². The smallest absolute Gasteiger partial charge is 0.305 e. The van der Waals surface area contributed by atoms with Crippen LogP contribution in [0.25, 0.3) is 10.9 Å². The Balaban J connectivity index is 1.92. The molecule has 0 aliphatic heterocycles. The third-order valence-corrected chi connectivity index (χ3v) is 4.58. The average molecular weight is 412 g/mol. The number of aliphatic carboxylic acids is 1. The first kappa shape index (κ1) is 21.1. The summed E-state index contributed by atoms with van der Waals surface area (Å²) >= 11 is 0. The number of carbonyl (C=O) groups excluding carboxylic acids is 1. The first-order valence-electron chi connectivity index (χ1n) is 9.59. The van der Waals surface area contributed by atoms with Crippen LogP contribution in [0.4, 0.5) is 5.95 Å². The molecule has 0 spiro atoms. The highest BCUT2D eigenvalue weighted by molar-refractivity contribution is 5.97. The molecule has 2 heterocycles. The maximum atomic E-state index is 12.9. The Morgan fingerprint density at radius 3 is 2.83 bits per heavy atom. The number of carbonyl (C=O) groups is 2. The summed E-state index contributed by atoms with van der Waals surface area (Å²) in [6, 6.07) is 5.41. The van der Waals surface area contributed by atoms with Gasteiger partial charge in [0, 0.05) is 43.6 Å². The van der Waals surface area contributed by atoms with Crippen LogP contribution < -0.4 is 21.8 Å². The molecule has 0 saturated heterocycles. The summed E-state index contributed by atoms with van der Waals surface area (Å²) < 4.78 is 1.84. The van der Waals surface area contributed by atoms with Gasteiger partial charge in [0.15, 0.2) is 5.95 Å². The standard InChI is InChI=1S/C20H24N6O4/c21-5-1-9-26-12-15(19(30)22-6-4-17(27)28)18(29)14-3-2-13(10-16(14)26)11-25-20-23-7-8-24-20/h2-3,7-8,10,12H,1,4-6,9,11,21H2,(H,22,30)(H,27,28)(H2,23,24,25). The van der Waals surface area contributed by atoms with Gasteiger partial charge < -0.3 is 31.0 Å². The van der Waals surface area contributed by atoms with Crippen molar-refractivity contribution >= 4 is 28.7 Å². The fourth-order valence-corrected chi connectivity index (χ4v) is 3.08. The predicted octanol–water partition coefficient (Wildman–Crippen LogP) is 0.890. The molecule has 3 aromatic rings. The lowest BCUT2D eigenvalue weighted by Gasteiger charge is -2.14. The average Bonchev–Trinajstić information content (AvgIpc) is 3.25. The van der Waals surface area contributed by atoms with Crippen LogP contribution in [0.3, 0.4) is 0 Å². The van der Waals surface area contributed by atoms with Crippen molar-refractivity contribution in [3.63, 3.8) is 0 Å². The summed E-state index contributed by atoms with van der Waals surface area (Å²) in [6.07, 6.45) is 5.34. The van der Waals surface area contributed by atoms with Gasteiger partial charge in [-0.25, -0.2) is 4.98 Å². The molecule has 0 aliphatic carbocycles. The van der Waals surface area contributed by atoms with E-state index >= 15 is 0 Å². The number of nitrogens with zero attached hydrogens (tertiary/aromatic N) is 2. The van der Waals surface area contributed by atoms with Crippen LogP contribution in [0.2, 0.25) is 0 Å². The van der Waals surface area contributed by atoms with Crippen LogP contribution in [0.1, 0.15) is 28.8 Å². The first-order chi connectivity index (χ1) is 14.5. The number of carboxylic acids is 1. The number of imidazole rings is 1. The van der Waals surface area contributed by atoms with Gasteiger partial charge in [-0.1, -0.05) is 6.07 Å². The van der Waals surface area contributed by atoms with Crippen LogP contribution in [0.15, 0.2) is 41.6 Å². The van der Waals surface area contributed by atoms with E-state index < -0.39 is 17.3 Å². The molecule has 1 aromatic carbocycles. The molecule has 0 aliphatic rings. The number of benzene rings is 1. The van der Waals surface area contributed by atoms with Crippen molar-refractivity contribution in [2.45, 2.75) is 25.9 Å². The molecule has 0 unspecified atom stereocenters. The van der Waals surface area contributed by atoms with Gasteiger partial charge >= 0.3 is 5.97 Å². The number of amides is 1. The fourth-order valence-electron chi connectivity index (χ4n) is 3.08. The van der Waals surface area contributed by atoms with Crippen LogP contribution in [0.5, 0.6) is 0 Å². The molecule has 30 heavy (non-hydrogen) atoms. The number of aromatic amines is 1. The molecule has 1 amide bonds. The number of anilines is 1. The Morgan fingerprint density at radius 1 is 1.30 bits per heavy atom. The minimum absolute atomic E-state index is 0.0219. The van der Waals surface area contributed by atoms with E-state index in [4.69, 9.17) is 10.8 Å². The van der Waals surface area contributed by atoms with E-state index in [1.165, 1.54) is 6.20 Å². The van der Waals surface area contributed by atoms with E-state index in [9.17, 15) is 14.4 Å². The second-order valence-corrected chi connectivity index (χ2v) is 6.75. The topological polar surface area (TPSA) is 155 Å². The highest BCUT2D eigenvalue weighted by atomic mass is 16.4. The summed E-state index contributed by atoms with van der Waals surface area (Å²) in [7, 11) is 0. The summed E-state index contributed by atoms with van der Waals surface area (Å²) in [6.45, 7) is 1.46. The van der Waals surface area contributed by atoms with Gasteiger partial charge in [-0.05, 0) is 30.7 Å². The molecule has 3 rings (SSSR count). The van der Waals surface area contributed by atoms with Crippen molar-refractivity contribution in [3.05, 3.63) is 58.1 Å². The van der Waals surface area contributed by atoms with Gasteiger partial charge in [-0.15, -0.1) is 0 Å². The second kappa shape index (κ2) is 9.70. The molecule has 10 heteroatoms. The van der Waals surface area contributed by atoms with Gasteiger partial charge in [0.05, 0.1) is 11.9 Å². The Morgan fingerprint density at radius 2 is 2.13 bits per heavy atom. The lowest BCUT2D eigenvalue weighted by molar-refractivity contribution is -0.136. The third kappa shape index (κ3) is 5.03. The molecule has 6 N–H and O–H groups in total. The predicted molar refractivity (Wildman–Crippen MR) is 112 cm³/mol. The number of pyridine rings is 1. The summed E-state index contributed by atoms with van der Waals surface area (Å²) in [5.74, 6) is -0.970. The summed E-state index contributed by atoms with van der Waals surface area (Å²) in [5, 5.41) is 14.8. The lowest BCUT2D eigenvalue weighted by Crippen LogP contribution is -2.31. The summed E-state index contributed by atoms with van der Waals surface area (Å²) in [4.78, 5) is 43.1. The summed E-state index contributed by atoms with van der Waals surface area (Å²) in [5.41, 5.74) is 6.87. The molecule has 0 atom stereocenters. The highest BCUT2D eigenvalue weighted by Gasteiger charge is 2.16. The van der Waals surface area contributed by atoms with Crippen molar-refractivity contribution in [1.82, 2.24) is 19.9 Å². The number of fused-ring (bicyclic) bond motifs is 1. The molecule has 10 nitrogen and oxygen atoms in total. The van der Waals surface area contributed by atoms with Crippen molar-refractivity contribution in [3.8, 4) is 0 Å². The Hall–Kier alpha value is -3.66. The number of hydrogen-bond donors (Lipinski definition) is 5. The van der Waals surface area contributed by atoms with Gasteiger partial charge in [-0.2, -0.15) is 0 Å². The molecule has 0 bridgehead atoms. The van der Waals surface area contributed by atoms with Crippen molar-refractivity contribution in [1.29, 1.82) is 0 Å². The SMILES string of the molecule is NCCCn1cc(C(=O)NCCC(=O)O)c(=O)c2ccc(CNc3ncc[nH]3)cc21. The van der Waals surface area contributed by atoms with Gasteiger partial charge in [0.1, 0.15) is 5.56 Å². The molecule has 0 saturated carbocycles. The molecule has 0 fully saturated rings. The van der Waals surface area contributed by atoms with Crippen LogP contribution in [-0.2, 0) is 17.9 Å². The number of H-pyrrole nitrogens is 1. The van der Waals surface area contributed by atoms with Crippen molar-refractivity contribution < 1.29 is 14.7 Å². The molecular weight excluding hydrogens is 388 g/mol. The van der Waals surface area contributed by atoms with E-state index in [2.05, 4.69) is 20.6 Å². The zero-order valence-corrected chi connectivity index (χ0v) is 16.4. The number of nitrogens with one attached hydrogen (secondary N) is 3. The molecule has 0 radical (unpaired) electrons. The zero-order chi connectivity index (χ0) is 21.5. The van der Waals surface area contributed by atoms with E-state index in [0.717, 1.165) is 5.56 Å². The highest BCUT2D eigenvalue weighted by Crippen LogP contribution is 2.16. The lowest BCUT2D eigenvalue weighted by atomic mass is 10.1. The Kier molecular flexibility index (Phi) is 6.81. The minimum Gasteiger partial charge on any atom is -0.481 e. The Bertz CT molecular complexity index is 1090. The fraction of sp³-hybridized carbons (Fsp3) is 0.300. The minimum atomic E-state index is -1.02. The van der Waals surface area contributed by atoms with Crippen molar-refractivity contribution in [2.24, 2.45) is 5.73 Å². The number of hydrogen-bond acceptors (Lipinski definition) is 6. The van der Waals surface area contributed by atoms with Crippen molar-refractivity contribution in [2.75, 3.05) is 18.4 Å². The number of aromatic nitrogens is 3. The quantitative estimate of drug-likeness (QED) is 0.331. The van der Waals surface area contributed by atoms with E-state index in [1.54, 1.807) is 18.5 Å². The number of rotatable bonds is 10. The van der Waals surface area contributed by atoms with E-state index in [-0.39, 0.29) is 18.5 Å². The van der Waals surface area contributed by atoms with E-state index in [0.29, 0.717) is 42.9 Å². The monoisotopic (exact) mass is 412 g/mol. The number of nitrogens with two attached hydrogens (primary N) is 1. The normalized spacial score (nSPS) is 10.8. The number of aryl methyl sites for hydroxylation is 1. The van der Waals surface area contributed by atoms with Crippen LogP contribution in [-0.4, -0.2) is 44.6 Å². The zero-order valence-electron chi connectivity index (χ0n) is 16.4. The van der Waals surface area contributed by atoms with Gasteiger partial charge in [0.2, 0.25) is 5.43 Å². The van der Waals surface area contributed by atoms with Gasteiger partial charge in [-0.3, -0.25) is 14.4 Å². The maximum Gasteiger partial charge on any atom is 0.305 e. The second-order valence-electron chi connectivity index (χ2n) is 6.75.